The molecule has 1 aromatic carbocycles. The number of nitrogens with zero attached hydrogens (tertiary/aromatic N) is 1. The van der Waals surface area contributed by atoms with E-state index in [1.807, 2.05) is 24.3 Å². The first-order chi connectivity index (χ1) is 10.1. The number of nitrogens with one attached hydrogen (secondary N) is 1. The van der Waals surface area contributed by atoms with E-state index in [4.69, 9.17) is 0 Å². The van der Waals surface area contributed by atoms with E-state index >= 15 is 0 Å². The number of aromatic amines is 1. The molecule has 0 aliphatic rings. The van der Waals surface area contributed by atoms with Crippen LogP contribution in [0.15, 0.2) is 34.2 Å². The van der Waals surface area contributed by atoms with E-state index in [0.29, 0.717) is 15.4 Å². The van der Waals surface area contributed by atoms with E-state index in [2.05, 4.69) is 14.7 Å². The molecule has 0 aliphatic carbocycles. The van der Waals surface area contributed by atoms with Crippen molar-refractivity contribution >= 4 is 49.4 Å². The molecule has 0 spiro atoms. The quantitative estimate of drug-likeness (QED) is 0.456. The number of hydrogen-bond acceptors (Lipinski definition) is 6. The zero-order valence-corrected chi connectivity index (χ0v) is 13.0. The Hall–Kier alpha value is -1.86. The fourth-order valence-corrected chi connectivity index (χ4v) is 4.01. The van der Waals surface area contributed by atoms with Gasteiger partial charge in [-0.05, 0) is 13.0 Å². The van der Waals surface area contributed by atoms with Crippen molar-refractivity contribution in [3.05, 3.63) is 34.6 Å². The summed E-state index contributed by atoms with van der Waals surface area (Å²) >= 11 is 2.65. The van der Waals surface area contributed by atoms with Gasteiger partial charge in [-0.1, -0.05) is 30.0 Å². The summed E-state index contributed by atoms with van der Waals surface area (Å²) in [6.07, 6.45) is 0. The lowest BCUT2D eigenvalue weighted by molar-refractivity contribution is -0.139. The lowest BCUT2D eigenvalue weighted by Gasteiger charge is -2.07. The van der Waals surface area contributed by atoms with E-state index in [0.717, 1.165) is 10.1 Å². The van der Waals surface area contributed by atoms with Gasteiger partial charge in [-0.25, -0.2) is 4.98 Å². The van der Waals surface area contributed by atoms with Crippen molar-refractivity contribution in [1.82, 2.24) is 9.97 Å². The number of fused-ring (bicyclic) bond motifs is 3. The Morgan fingerprint density at radius 2 is 2.19 bits per heavy atom. The molecule has 0 fully saturated rings. The summed E-state index contributed by atoms with van der Waals surface area (Å²) in [5.41, 5.74) is -0.183. The van der Waals surface area contributed by atoms with Crippen molar-refractivity contribution in [2.45, 2.75) is 17.3 Å². The van der Waals surface area contributed by atoms with E-state index in [1.165, 1.54) is 30.2 Å². The maximum absolute atomic E-state index is 12.3. The SMILES string of the molecule is COC(=O)[C@H](C)Sc1nc2sc3ccccc3c2c(=O)[nH]1. The molecule has 0 saturated carbocycles. The number of aromatic nitrogens is 2. The second-order valence-corrected chi connectivity index (χ2v) is 6.79. The van der Waals surface area contributed by atoms with Gasteiger partial charge in [0.2, 0.25) is 0 Å². The molecule has 0 aliphatic heterocycles. The Kier molecular flexibility index (Phi) is 3.69. The average molecular weight is 320 g/mol. The summed E-state index contributed by atoms with van der Waals surface area (Å²) in [5.74, 6) is -0.348. The van der Waals surface area contributed by atoms with Crippen molar-refractivity contribution in [2.75, 3.05) is 7.11 Å². The van der Waals surface area contributed by atoms with E-state index < -0.39 is 5.25 Å². The van der Waals surface area contributed by atoms with Crippen molar-refractivity contribution in [2.24, 2.45) is 0 Å². The zero-order valence-electron chi connectivity index (χ0n) is 11.4. The number of rotatable bonds is 3. The summed E-state index contributed by atoms with van der Waals surface area (Å²) in [4.78, 5) is 31.6. The normalized spacial score (nSPS) is 12.7. The van der Waals surface area contributed by atoms with Gasteiger partial charge in [-0.3, -0.25) is 9.59 Å². The first kappa shape index (κ1) is 14.1. The van der Waals surface area contributed by atoms with Crippen LogP contribution in [0.1, 0.15) is 6.92 Å². The maximum atomic E-state index is 12.3. The van der Waals surface area contributed by atoms with Gasteiger partial charge in [0.25, 0.3) is 5.56 Å². The maximum Gasteiger partial charge on any atom is 0.318 e. The number of carbonyl (C=O) groups is 1. The van der Waals surface area contributed by atoms with Gasteiger partial charge in [-0.15, -0.1) is 11.3 Å². The number of H-pyrrole nitrogens is 1. The molecule has 0 bridgehead atoms. The number of methoxy groups -OCH3 is 1. The molecule has 0 saturated heterocycles. The number of benzene rings is 1. The first-order valence-corrected chi connectivity index (χ1v) is 7.96. The Morgan fingerprint density at radius 3 is 2.95 bits per heavy atom. The van der Waals surface area contributed by atoms with Gasteiger partial charge in [0.15, 0.2) is 5.16 Å². The Balaban J connectivity index is 2.09. The van der Waals surface area contributed by atoms with Crippen LogP contribution >= 0.6 is 23.1 Å². The van der Waals surface area contributed by atoms with Crippen LogP contribution in [0.3, 0.4) is 0 Å². The minimum absolute atomic E-state index is 0.183. The highest BCUT2D eigenvalue weighted by molar-refractivity contribution is 8.00. The molecule has 0 unspecified atom stereocenters. The summed E-state index contributed by atoms with van der Waals surface area (Å²) in [5, 5.41) is 1.51. The van der Waals surface area contributed by atoms with E-state index in [1.54, 1.807) is 6.92 Å². The van der Waals surface area contributed by atoms with Gasteiger partial charge in [0.1, 0.15) is 10.1 Å². The number of hydrogen-bond donors (Lipinski definition) is 1. The number of ether oxygens (including phenoxy) is 1. The molecule has 3 rings (SSSR count). The number of esters is 1. The lowest BCUT2D eigenvalue weighted by atomic mass is 10.2. The molecular formula is C14H12N2O3S2. The third kappa shape index (κ3) is 2.54. The molecule has 0 radical (unpaired) electrons. The van der Waals surface area contributed by atoms with E-state index in [-0.39, 0.29) is 11.5 Å². The number of carbonyl (C=O) groups excluding carboxylic acids is 1. The first-order valence-electron chi connectivity index (χ1n) is 6.26. The minimum atomic E-state index is -0.426. The third-order valence-corrected chi connectivity index (χ3v) is 5.08. The van der Waals surface area contributed by atoms with Crippen LogP contribution < -0.4 is 5.56 Å². The molecule has 7 heteroatoms. The fraction of sp³-hybridized carbons (Fsp3) is 0.214. The second-order valence-electron chi connectivity index (χ2n) is 4.43. The standard InChI is InChI=1S/C14H12N2O3S2/c1-7(13(18)19-2)20-14-15-11(17)10-8-5-3-4-6-9(8)21-12(10)16-14/h3-7H,1-2H3,(H,15,16,17)/t7-/m0/s1. The van der Waals surface area contributed by atoms with Crippen molar-refractivity contribution in [3.63, 3.8) is 0 Å². The molecule has 1 atom stereocenters. The summed E-state index contributed by atoms with van der Waals surface area (Å²) in [7, 11) is 1.34. The Bertz CT molecular complexity index is 885. The van der Waals surface area contributed by atoms with Crippen LogP contribution in [0.2, 0.25) is 0 Å². The molecule has 1 N–H and O–H groups in total. The Labute approximate surface area is 128 Å². The van der Waals surface area contributed by atoms with Gasteiger partial charge in [0.05, 0.1) is 12.5 Å². The predicted molar refractivity (Wildman–Crippen MR) is 85.1 cm³/mol. The minimum Gasteiger partial charge on any atom is -0.468 e. The van der Waals surface area contributed by atoms with Gasteiger partial charge in [-0.2, -0.15) is 0 Å². The van der Waals surface area contributed by atoms with Crippen LogP contribution in [0.5, 0.6) is 0 Å². The van der Waals surface area contributed by atoms with Crippen LogP contribution in [-0.4, -0.2) is 28.3 Å². The smallest absolute Gasteiger partial charge is 0.318 e. The molecular weight excluding hydrogens is 308 g/mol. The van der Waals surface area contributed by atoms with Crippen molar-refractivity contribution in [3.8, 4) is 0 Å². The zero-order chi connectivity index (χ0) is 15.0. The lowest BCUT2D eigenvalue weighted by Crippen LogP contribution is -2.16. The van der Waals surface area contributed by atoms with Crippen LogP contribution in [0.4, 0.5) is 0 Å². The molecule has 2 heterocycles. The summed E-state index contributed by atoms with van der Waals surface area (Å²) in [6.45, 7) is 1.71. The topological polar surface area (TPSA) is 72.0 Å². The van der Waals surface area contributed by atoms with Crippen molar-refractivity contribution in [1.29, 1.82) is 0 Å². The van der Waals surface area contributed by atoms with Gasteiger partial charge < -0.3 is 9.72 Å². The van der Waals surface area contributed by atoms with Gasteiger partial charge in [0, 0.05) is 10.1 Å². The summed E-state index contributed by atoms with van der Waals surface area (Å²) < 4.78 is 5.69. The predicted octanol–water partition coefficient (Wildman–Crippen LogP) is 2.79. The second kappa shape index (κ2) is 5.50. The highest BCUT2D eigenvalue weighted by Crippen LogP contribution is 2.31. The number of thiophene rings is 1. The molecule has 21 heavy (non-hydrogen) atoms. The molecule has 0 amide bonds. The van der Waals surface area contributed by atoms with Gasteiger partial charge >= 0.3 is 5.97 Å². The average Bonchev–Trinajstić information content (AvgIpc) is 2.84. The van der Waals surface area contributed by atoms with E-state index in [9.17, 15) is 9.59 Å². The highest BCUT2D eigenvalue weighted by Gasteiger charge is 2.18. The van der Waals surface area contributed by atoms with Crippen LogP contribution in [0.25, 0.3) is 20.3 Å². The number of thioether (sulfide) groups is 1. The monoisotopic (exact) mass is 320 g/mol. The Morgan fingerprint density at radius 1 is 1.43 bits per heavy atom. The highest BCUT2D eigenvalue weighted by atomic mass is 32.2. The molecule has 108 valence electrons. The third-order valence-electron chi connectivity index (χ3n) is 3.05. The van der Waals surface area contributed by atoms with Crippen molar-refractivity contribution < 1.29 is 9.53 Å². The largest absolute Gasteiger partial charge is 0.468 e. The fourth-order valence-electron chi connectivity index (χ4n) is 2.05. The van der Waals surface area contributed by atoms with Crippen LogP contribution in [0, 0.1) is 0 Å². The summed E-state index contributed by atoms with van der Waals surface area (Å²) in [6, 6.07) is 7.71. The van der Waals surface area contributed by atoms with Crippen LogP contribution in [-0.2, 0) is 9.53 Å². The molecule has 3 aromatic rings. The molecule has 5 nitrogen and oxygen atoms in total. The molecule has 2 aromatic heterocycles.